The fraction of sp³-hybridized carbons (Fsp3) is 0.471. The Balaban J connectivity index is 1.54. The van der Waals surface area contributed by atoms with Crippen molar-refractivity contribution in [2.24, 2.45) is 0 Å². The van der Waals surface area contributed by atoms with Gasteiger partial charge in [-0.3, -0.25) is 4.79 Å². The van der Waals surface area contributed by atoms with Crippen molar-refractivity contribution in [3.63, 3.8) is 0 Å². The van der Waals surface area contributed by atoms with Gasteiger partial charge in [0.05, 0.1) is 0 Å². The first-order valence-electron chi connectivity index (χ1n) is 7.92. The van der Waals surface area contributed by atoms with Crippen molar-refractivity contribution in [3.8, 4) is 0 Å². The highest BCUT2D eigenvalue weighted by molar-refractivity contribution is 5.76. The number of aryl methyl sites for hydroxylation is 2. The third-order valence-corrected chi connectivity index (χ3v) is 4.02. The summed E-state index contributed by atoms with van der Waals surface area (Å²) in [5, 5.41) is 3.92. The van der Waals surface area contributed by atoms with Crippen molar-refractivity contribution in [2.75, 3.05) is 6.54 Å². The Morgan fingerprint density at radius 2 is 2.09 bits per heavy atom. The molecule has 0 aliphatic carbocycles. The van der Waals surface area contributed by atoms with E-state index in [4.69, 9.17) is 4.52 Å². The topological polar surface area (TPSA) is 59.2 Å². The van der Waals surface area contributed by atoms with Crippen LogP contribution in [0.2, 0.25) is 0 Å². The van der Waals surface area contributed by atoms with E-state index in [0.717, 1.165) is 31.6 Å². The summed E-state index contributed by atoms with van der Waals surface area (Å²) >= 11 is 0. The largest absolute Gasteiger partial charge is 0.339 e. The molecule has 2 aromatic rings. The molecule has 0 saturated carbocycles. The van der Waals surface area contributed by atoms with Crippen LogP contribution in [0.1, 0.15) is 42.6 Å². The Bertz CT molecular complexity index is 651. The van der Waals surface area contributed by atoms with E-state index in [2.05, 4.69) is 35.3 Å². The molecule has 0 fully saturated rings. The third kappa shape index (κ3) is 3.35. The Morgan fingerprint density at radius 1 is 1.27 bits per heavy atom. The van der Waals surface area contributed by atoms with Crippen LogP contribution in [0.5, 0.6) is 0 Å². The molecule has 0 spiro atoms. The second-order valence-corrected chi connectivity index (χ2v) is 5.69. The van der Waals surface area contributed by atoms with Gasteiger partial charge in [0.15, 0.2) is 5.82 Å². The molecule has 0 atom stereocenters. The smallest absolute Gasteiger partial charge is 0.227 e. The molecule has 22 heavy (non-hydrogen) atoms. The van der Waals surface area contributed by atoms with E-state index in [1.807, 2.05) is 11.0 Å². The maximum Gasteiger partial charge on any atom is 0.227 e. The fourth-order valence-corrected chi connectivity index (χ4v) is 2.80. The number of hydrogen-bond donors (Lipinski definition) is 0. The minimum atomic E-state index is 0.157. The molecule has 116 valence electrons. The van der Waals surface area contributed by atoms with Gasteiger partial charge in [0.1, 0.15) is 0 Å². The van der Waals surface area contributed by atoms with Crippen LogP contribution in [0.25, 0.3) is 0 Å². The molecule has 1 aromatic heterocycles. The number of hydrogen-bond acceptors (Lipinski definition) is 4. The van der Waals surface area contributed by atoms with Crippen molar-refractivity contribution in [3.05, 3.63) is 47.1 Å². The predicted molar refractivity (Wildman–Crippen MR) is 82.2 cm³/mol. The lowest BCUT2D eigenvalue weighted by Gasteiger charge is -2.28. The monoisotopic (exact) mass is 299 g/mol. The van der Waals surface area contributed by atoms with Crippen LogP contribution in [0.4, 0.5) is 0 Å². The van der Waals surface area contributed by atoms with Crippen LogP contribution in [-0.4, -0.2) is 27.5 Å². The second-order valence-electron chi connectivity index (χ2n) is 5.69. The minimum absolute atomic E-state index is 0.157. The summed E-state index contributed by atoms with van der Waals surface area (Å²) in [6, 6.07) is 8.33. The zero-order chi connectivity index (χ0) is 15.4. The molecule has 1 aromatic carbocycles. The summed E-state index contributed by atoms with van der Waals surface area (Å²) in [6.45, 7) is 3.58. The number of aromatic nitrogens is 2. The van der Waals surface area contributed by atoms with E-state index in [1.165, 1.54) is 11.1 Å². The summed E-state index contributed by atoms with van der Waals surface area (Å²) in [5.41, 5.74) is 2.61. The predicted octanol–water partition coefficient (Wildman–Crippen LogP) is 2.54. The maximum atomic E-state index is 12.3. The molecule has 5 nitrogen and oxygen atoms in total. The number of nitrogens with zero attached hydrogens (tertiary/aromatic N) is 3. The number of carbonyl (C=O) groups excluding carboxylic acids is 1. The van der Waals surface area contributed by atoms with Gasteiger partial charge < -0.3 is 9.42 Å². The lowest BCUT2D eigenvalue weighted by Crippen LogP contribution is -2.36. The maximum absolute atomic E-state index is 12.3. The first-order valence-corrected chi connectivity index (χ1v) is 7.92. The first kappa shape index (κ1) is 14.8. The van der Waals surface area contributed by atoms with Crippen LogP contribution in [-0.2, 0) is 30.6 Å². The highest BCUT2D eigenvalue weighted by Gasteiger charge is 2.20. The van der Waals surface area contributed by atoms with Gasteiger partial charge >= 0.3 is 0 Å². The Labute approximate surface area is 130 Å². The van der Waals surface area contributed by atoms with E-state index in [0.29, 0.717) is 25.3 Å². The zero-order valence-electron chi connectivity index (χ0n) is 12.9. The van der Waals surface area contributed by atoms with Gasteiger partial charge in [-0.25, -0.2) is 0 Å². The van der Waals surface area contributed by atoms with Crippen LogP contribution < -0.4 is 0 Å². The molecule has 0 unspecified atom stereocenters. The van der Waals surface area contributed by atoms with E-state index >= 15 is 0 Å². The quantitative estimate of drug-likeness (QED) is 0.851. The molecular formula is C17H21N3O2. The average Bonchev–Trinajstić information content (AvgIpc) is 3.00. The van der Waals surface area contributed by atoms with E-state index < -0.39 is 0 Å². The number of benzene rings is 1. The van der Waals surface area contributed by atoms with Gasteiger partial charge in [0.2, 0.25) is 11.8 Å². The molecule has 0 radical (unpaired) electrons. The molecule has 0 saturated heterocycles. The van der Waals surface area contributed by atoms with Gasteiger partial charge in [-0.2, -0.15) is 4.98 Å². The summed E-state index contributed by atoms with van der Waals surface area (Å²) < 4.78 is 5.18. The van der Waals surface area contributed by atoms with Crippen molar-refractivity contribution in [1.82, 2.24) is 15.0 Å². The van der Waals surface area contributed by atoms with Crippen LogP contribution >= 0.6 is 0 Å². The van der Waals surface area contributed by atoms with Gasteiger partial charge in [0, 0.05) is 32.4 Å². The molecule has 0 bridgehead atoms. The normalized spacial score (nSPS) is 14.0. The second kappa shape index (κ2) is 6.73. The molecule has 1 aliphatic heterocycles. The fourth-order valence-electron chi connectivity index (χ4n) is 2.80. The molecule has 0 N–H and O–H groups in total. The number of rotatable bonds is 5. The van der Waals surface area contributed by atoms with Crippen LogP contribution in [0.15, 0.2) is 28.8 Å². The van der Waals surface area contributed by atoms with Gasteiger partial charge in [-0.15, -0.1) is 0 Å². The number of amides is 1. The van der Waals surface area contributed by atoms with E-state index in [1.54, 1.807) is 0 Å². The summed E-state index contributed by atoms with van der Waals surface area (Å²) in [5.74, 6) is 1.45. The van der Waals surface area contributed by atoms with Crippen molar-refractivity contribution in [2.45, 2.75) is 45.6 Å². The van der Waals surface area contributed by atoms with Crippen molar-refractivity contribution < 1.29 is 9.32 Å². The molecule has 3 rings (SSSR count). The van der Waals surface area contributed by atoms with Gasteiger partial charge in [0.25, 0.3) is 0 Å². The van der Waals surface area contributed by atoms with Crippen LogP contribution in [0, 0.1) is 0 Å². The summed E-state index contributed by atoms with van der Waals surface area (Å²) in [6.07, 6.45) is 3.69. The Morgan fingerprint density at radius 3 is 2.91 bits per heavy atom. The standard InChI is InChI=1S/C17H21N3O2/c1-2-5-15-18-16(22-19-15)8-9-17(21)20-11-10-13-6-3-4-7-14(13)12-20/h3-4,6-7H,2,5,8-12H2,1H3. The first-order chi connectivity index (χ1) is 10.8. The highest BCUT2D eigenvalue weighted by atomic mass is 16.5. The third-order valence-electron chi connectivity index (χ3n) is 4.02. The Kier molecular flexibility index (Phi) is 4.51. The average molecular weight is 299 g/mol. The van der Waals surface area contributed by atoms with Crippen molar-refractivity contribution in [1.29, 1.82) is 0 Å². The molecule has 2 heterocycles. The molecular weight excluding hydrogens is 278 g/mol. The van der Waals surface area contributed by atoms with Crippen molar-refractivity contribution >= 4 is 5.91 Å². The molecule has 1 aliphatic rings. The number of carbonyl (C=O) groups is 1. The minimum Gasteiger partial charge on any atom is -0.339 e. The lowest BCUT2D eigenvalue weighted by molar-refractivity contribution is -0.132. The summed E-state index contributed by atoms with van der Waals surface area (Å²) in [4.78, 5) is 18.6. The van der Waals surface area contributed by atoms with E-state index in [-0.39, 0.29) is 5.91 Å². The van der Waals surface area contributed by atoms with E-state index in [9.17, 15) is 4.79 Å². The highest BCUT2D eigenvalue weighted by Crippen LogP contribution is 2.19. The Hall–Kier alpha value is -2.17. The van der Waals surface area contributed by atoms with Gasteiger partial charge in [-0.1, -0.05) is 36.3 Å². The lowest BCUT2D eigenvalue weighted by atomic mass is 9.99. The zero-order valence-corrected chi connectivity index (χ0v) is 12.9. The van der Waals surface area contributed by atoms with Crippen LogP contribution in [0.3, 0.4) is 0 Å². The SMILES string of the molecule is CCCc1noc(CCC(=O)N2CCc3ccccc3C2)n1. The number of fused-ring (bicyclic) bond motifs is 1. The molecule has 5 heteroatoms. The molecule has 1 amide bonds. The van der Waals surface area contributed by atoms with Gasteiger partial charge in [-0.05, 0) is 24.0 Å². The summed E-state index contributed by atoms with van der Waals surface area (Å²) in [7, 11) is 0.